The third-order valence-electron chi connectivity index (χ3n) is 4.26. The molecular formula is C23H32ClNO3. The average Bonchev–Trinajstić information content (AvgIpc) is 2.59. The van der Waals surface area contributed by atoms with Gasteiger partial charge < -0.3 is 15.5 Å². The molecule has 2 aromatic carbocycles. The van der Waals surface area contributed by atoms with E-state index in [0.717, 1.165) is 11.1 Å². The minimum atomic E-state index is -0.244. The first-order valence-electron chi connectivity index (χ1n) is 9.29. The van der Waals surface area contributed by atoms with Crippen molar-refractivity contribution >= 4 is 17.5 Å². The second-order valence-electron chi connectivity index (χ2n) is 8.80. The highest BCUT2D eigenvalue weighted by atomic mass is 35.5. The Hall–Kier alpha value is -2.20. The number of phenolic OH excluding ortho intramolecular Hbond substituents is 2. The van der Waals surface area contributed by atoms with Crippen LogP contribution in [0.1, 0.15) is 58.2 Å². The number of carbonyl (C=O) groups is 1. The van der Waals surface area contributed by atoms with Crippen LogP contribution < -0.4 is 5.32 Å². The van der Waals surface area contributed by atoms with Gasteiger partial charge in [0.1, 0.15) is 17.4 Å². The van der Waals surface area contributed by atoms with Crippen LogP contribution >= 0.6 is 11.6 Å². The largest absolute Gasteiger partial charge is 0.508 e. The lowest BCUT2D eigenvalue weighted by Gasteiger charge is -2.20. The Balaban J connectivity index is 0.000000307. The summed E-state index contributed by atoms with van der Waals surface area (Å²) in [5.74, 6) is 0.233. The van der Waals surface area contributed by atoms with E-state index in [0.29, 0.717) is 17.9 Å². The van der Waals surface area contributed by atoms with Gasteiger partial charge in [0.2, 0.25) is 5.91 Å². The molecule has 4 nitrogen and oxygen atoms in total. The average molecular weight is 406 g/mol. The van der Waals surface area contributed by atoms with E-state index >= 15 is 0 Å². The van der Waals surface area contributed by atoms with Crippen molar-refractivity contribution in [2.45, 2.75) is 58.9 Å². The molecule has 0 saturated carbocycles. The molecule has 0 aliphatic heterocycles. The van der Waals surface area contributed by atoms with E-state index in [9.17, 15) is 15.0 Å². The molecule has 0 spiro atoms. The van der Waals surface area contributed by atoms with Crippen molar-refractivity contribution in [3.63, 3.8) is 0 Å². The van der Waals surface area contributed by atoms with Crippen molar-refractivity contribution in [1.82, 2.24) is 5.32 Å². The molecule has 0 saturated heterocycles. The fraction of sp³-hybridized carbons (Fsp3) is 0.435. The second-order valence-corrected chi connectivity index (χ2v) is 9.07. The Labute approximate surface area is 173 Å². The van der Waals surface area contributed by atoms with Crippen molar-refractivity contribution in [2.24, 2.45) is 0 Å². The number of aromatic hydroxyl groups is 2. The molecule has 0 bridgehead atoms. The van der Waals surface area contributed by atoms with Crippen molar-refractivity contribution in [3.8, 4) is 11.5 Å². The first kappa shape index (κ1) is 23.8. The van der Waals surface area contributed by atoms with Gasteiger partial charge >= 0.3 is 0 Å². The summed E-state index contributed by atoms with van der Waals surface area (Å²) in [6.45, 7) is 12.9. The number of alkyl halides is 1. The summed E-state index contributed by atoms with van der Waals surface area (Å²) >= 11 is 5.37. The number of phenols is 2. The van der Waals surface area contributed by atoms with Crippen LogP contribution in [0.3, 0.4) is 0 Å². The second kappa shape index (κ2) is 9.83. The fourth-order valence-electron chi connectivity index (χ4n) is 2.39. The number of carbonyl (C=O) groups excluding carboxylic acids is 1. The summed E-state index contributed by atoms with van der Waals surface area (Å²) in [6.07, 6.45) is 0. The summed E-state index contributed by atoms with van der Waals surface area (Å²) in [5, 5.41) is 21.6. The quantitative estimate of drug-likeness (QED) is 0.612. The van der Waals surface area contributed by atoms with E-state index in [2.05, 4.69) is 46.9 Å². The van der Waals surface area contributed by atoms with Gasteiger partial charge in [-0.05, 0) is 40.2 Å². The maximum absolute atomic E-state index is 11.0. The third-order valence-corrected chi connectivity index (χ3v) is 4.50. The molecule has 2 rings (SSSR count). The van der Waals surface area contributed by atoms with Crippen LogP contribution in [0.5, 0.6) is 11.5 Å². The molecule has 0 aliphatic carbocycles. The molecule has 0 fully saturated rings. The van der Waals surface area contributed by atoms with Crippen molar-refractivity contribution in [3.05, 3.63) is 59.2 Å². The number of rotatable bonds is 3. The number of benzene rings is 2. The Morgan fingerprint density at radius 1 is 0.929 bits per heavy atom. The van der Waals surface area contributed by atoms with Crippen LogP contribution in [0, 0.1) is 0 Å². The van der Waals surface area contributed by atoms with Gasteiger partial charge in [-0.3, -0.25) is 4.79 Å². The predicted molar refractivity (Wildman–Crippen MR) is 116 cm³/mol. The van der Waals surface area contributed by atoms with Gasteiger partial charge in [-0.2, -0.15) is 0 Å². The highest BCUT2D eigenvalue weighted by Crippen LogP contribution is 2.28. The van der Waals surface area contributed by atoms with Gasteiger partial charge in [0.25, 0.3) is 0 Å². The maximum Gasteiger partial charge on any atom is 0.235 e. The van der Waals surface area contributed by atoms with Crippen LogP contribution in [0.2, 0.25) is 0 Å². The van der Waals surface area contributed by atoms with Crippen molar-refractivity contribution in [2.75, 3.05) is 5.88 Å². The van der Waals surface area contributed by atoms with Crippen LogP contribution in [-0.4, -0.2) is 22.0 Å². The summed E-state index contributed by atoms with van der Waals surface area (Å²) in [7, 11) is 0. The molecule has 0 aromatic heterocycles. The molecular weight excluding hydrogens is 374 g/mol. The number of amides is 1. The van der Waals surface area contributed by atoms with Gasteiger partial charge in [-0.25, -0.2) is 0 Å². The zero-order chi connectivity index (χ0) is 21.5. The molecule has 0 atom stereocenters. The normalized spacial score (nSPS) is 11.4. The Kier molecular flexibility index (Phi) is 8.37. The lowest BCUT2D eigenvalue weighted by Crippen LogP contribution is -2.23. The SMILES string of the molecule is CC(C)(C)c1ccc(CNC(=O)CCl)c(O)c1.CC(C)(C)c1cccc(O)c1. The molecule has 0 unspecified atom stereocenters. The zero-order valence-corrected chi connectivity index (χ0v) is 18.4. The summed E-state index contributed by atoms with van der Waals surface area (Å²) < 4.78 is 0. The highest BCUT2D eigenvalue weighted by Gasteiger charge is 2.15. The van der Waals surface area contributed by atoms with Crippen LogP contribution in [-0.2, 0) is 22.2 Å². The predicted octanol–water partition coefficient (Wildman–Crippen LogP) is 5.23. The summed E-state index contributed by atoms with van der Waals surface area (Å²) in [5.41, 5.74) is 3.03. The molecule has 2 aromatic rings. The summed E-state index contributed by atoms with van der Waals surface area (Å²) in [6, 6.07) is 12.9. The number of halogens is 1. The van der Waals surface area contributed by atoms with Gasteiger partial charge in [-0.1, -0.05) is 65.8 Å². The van der Waals surface area contributed by atoms with Crippen molar-refractivity contribution in [1.29, 1.82) is 0 Å². The van der Waals surface area contributed by atoms with E-state index in [-0.39, 0.29) is 28.4 Å². The highest BCUT2D eigenvalue weighted by molar-refractivity contribution is 6.27. The topological polar surface area (TPSA) is 69.6 Å². The number of nitrogens with one attached hydrogen (secondary N) is 1. The van der Waals surface area contributed by atoms with Crippen LogP contribution in [0.4, 0.5) is 0 Å². The lowest BCUT2D eigenvalue weighted by molar-refractivity contribution is -0.118. The fourth-order valence-corrected chi connectivity index (χ4v) is 2.49. The Bertz CT molecular complexity index is 789. The molecule has 0 aliphatic rings. The minimum Gasteiger partial charge on any atom is -0.508 e. The van der Waals surface area contributed by atoms with E-state index in [1.165, 1.54) is 0 Å². The van der Waals surface area contributed by atoms with Crippen molar-refractivity contribution < 1.29 is 15.0 Å². The molecule has 5 heteroatoms. The Morgan fingerprint density at radius 2 is 1.50 bits per heavy atom. The molecule has 0 radical (unpaired) electrons. The van der Waals surface area contributed by atoms with Gasteiger partial charge in [-0.15, -0.1) is 11.6 Å². The molecule has 1 amide bonds. The van der Waals surface area contributed by atoms with Gasteiger partial charge in [0.15, 0.2) is 0 Å². The maximum atomic E-state index is 11.0. The zero-order valence-electron chi connectivity index (χ0n) is 17.6. The Morgan fingerprint density at radius 3 is 1.93 bits per heavy atom. The first-order valence-corrected chi connectivity index (χ1v) is 9.82. The lowest BCUT2D eigenvalue weighted by atomic mass is 9.86. The first-order chi connectivity index (χ1) is 12.8. The molecule has 28 heavy (non-hydrogen) atoms. The third kappa shape index (κ3) is 7.81. The van der Waals surface area contributed by atoms with Crippen LogP contribution in [0.15, 0.2) is 42.5 Å². The van der Waals surface area contributed by atoms with E-state index in [4.69, 9.17) is 11.6 Å². The van der Waals surface area contributed by atoms with E-state index in [1.807, 2.05) is 24.3 Å². The standard InChI is InChI=1S/C13H18ClNO2.C10H14O/c1-13(2,3)10-5-4-9(11(16)6-10)8-15-12(17)7-14;1-10(2,3)8-5-4-6-9(11)7-8/h4-6,16H,7-8H2,1-3H3,(H,15,17);4-7,11H,1-3H3. The molecule has 0 heterocycles. The van der Waals surface area contributed by atoms with E-state index in [1.54, 1.807) is 18.2 Å². The summed E-state index contributed by atoms with van der Waals surface area (Å²) in [4.78, 5) is 11.0. The van der Waals surface area contributed by atoms with E-state index < -0.39 is 0 Å². The number of hydrogen-bond acceptors (Lipinski definition) is 3. The number of hydrogen-bond donors (Lipinski definition) is 3. The van der Waals surface area contributed by atoms with Gasteiger partial charge in [0, 0.05) is 12.1 Å². The van der Waals surface area contributed by atoms with Crippen LogP contribution in [0.25, 0.3) is 0 Å². The van der Waals surface area contributed by atoms with Gasteiger partial charge in [0.05, 0.1) is 0 Å². The molecule has 3 N–H and O–H groups in total. The smallest absolute Gasteiger partial charge is 0.235 e. The molecule has 154 valence electrons. The monoisotopic (exact) mass is 405 g/mol. The minimum absolute atomic E-state index is 0.00457.